The van der Waals surface area contributed by atoms with Crippen LogP contribution in [0.25, 0.3) is 0 Å². The van der Waals surface area contributed by atoms with Gasteiger partial charge in [0, 0.05) is 22.7 Å². The van der Waals surface area contributed by atoms with Crippen molar-refractivity contribution >= 4 is 17.2 Å². The Labute approximate surface area is 169 Å². The first-order chi connectivity index (χ1) is 13.6. The number of nitrogens with zero attached hydrogens (tertiary/aromatic N) is 2. The maximum atomic E-state index is 12.5. The van der Waals surface area contributed by atoms with Crippen molar-refractivity contribution in [2.75, 3.05) is 6.61 Å². The molecule has 1 aliphatic heterocycles. The number of benzene rings is 1. The van der Waals surface area contributed by atoms with E-state index in [0.717, 1.165) is 29.9 Å². The van der Waals surface area contributed by atoms with Gasteiger partial charge in [-0.3, -0.25) is 9.48 Å². The first-order valence-electron chi connectivity index (χ1n) is 9.63. The van der Waals surface area contributed by atoms with Crippen LogP contribution < -0.4 is 5.32 Å². The number of nitrogens with one attached hydrogen (secondary N) is 1. The molecule has 6 heteroatoms. The third kappa shape index (κ3) is 4.03. The Morgan fingerprint density at radius 3 is 2.93 bits per heavy atom. The van der Waals surface area contributed by atoms with E-state index in [0.29, 0.717) is 19.6 Å². The molecule has 0 aliphatic carbocycles. The van der Waals surface area contributed by atoms with Crippen LogP contribution in [-0.2, 0) is 29.0 Å². The van der Waals surface area contributed by atoms with Crippen molar-refractivity contribution in [3.05, 3.63) is 74.7 Å². The van der Waals surface area contributed by atoms with Crippen molar-refractivity contribution in [1.82, 2.24) is 15.1 Å². The molecule has 1 atom stereocenters. The van der Waals surface area contributed by atoms with Gasteiger partial charge in [-0.2, -0.15) is 5.10 Å². The van der Waals surface area contributed by atoms with Crippen molar-refractivity contribution in [1.29, 1.82) is 0 Å². The summed E-state index contributed by atoms with van der Waals surface area (Å²) in [6.45, 7) is 5.98. The third-order valence-electron chi connectivity index (χ3n) is 5.30. The molecule has 28 heavy (non-hydrogen) atoms. The number of aromatic nitrogens is 2. The number of hydrogen-bond acceptors (Lipinski definition) is 4. The van der Waals surface area contributed by atoms with Gasteiger partial charge in [-0.05, 0) is 42.8 Å². The Kier molecular flexibility index (Phi) is 5.59. The SMILES string of the molecule is Cc1nn(Cc2ccccc2)c(C)c1CNC(=O)CC1OCCc2ccsc21. The minimum Gasteiger partial charge on any atom is -0.372 e. The highest BCUT2D eigenvalue weighted by Gasteiger charge is 2.24. The number of ether oxygens (including phenoxy) is 1. The maximum Gasteiger partial charge on any atom is 0.223 e. The van der Waals surface area contributed by atoms with Gasteiger partial charge in [-0.1, -0.05) is 30.3 Å². The zero-order chi connectivity index (χ0) is 19.5. The molecule has 0 saturated heterocycles. The lowest BCUT2D eigenvalue weighted by atomic mass is 10.1. The average Bonchev–Trinajstić information content (AvgIpc) is 3.27. The minimum atomic E-state index is -0.119. The van der Waals surface area contributed by atoms with Crippen LogP contribution in [-0.4, -0.2) is 22.3 Å². The molecule has 0 bridgehead atoms. The van der Waals surface area contributed by atoms with Crippen LogP contribution in [0.2, 0.25) is 0 Å². The highest BCUT2D eigenvalue weighted by Crippen LogP contribution is 2.33. The molecule has 1 amide bonds. The summed E-state index contributed by atoms with van der Waals surface area (Å²) in [6, 6.07) is 12.4. The fourth-order valence-corrected chi connectivity index (χ4v) is 4.71. The lowest BCUT2D eigenvalue weighted by Gasteiger charge is -2.22. The Hall–Kier alpha value is -2.44. The third-order valence-corrected chi connectivity index (χ3v) is 6.35. The minimum absolute atomic E-state index is 0.0147. The molecule has 3 aromatic rings. The van der Waals surface area contributed by atoms with E-state index in [-0.39, 0.29) is 12.0 Å². The molecule has 1 unspecified atom stereocenters. The monoisotopic (exact) mass is 395 g/mol. The second kappa shape index (κ2) is 8.29. The van der Waals surface area contributed by atoms with E-state index in [4.69, 9.17) is 4.74 Å². The number of hydrogen-bond donors (Lipinski definition) is 1. The second-order valence-corrected chi connectivity index (χ2v) is 8.14. The van der Waals surface area contributed by atoms with Gasteiger partial charge in [0.15, 0.2) is 0 Å². The van der Waals surface area contributed by atoms with E-state index < -0.39 is 0 Å². The summed E-state index contributed by atoms with van der Waals surface area (Å²) in [5.41, 5.74) is 5.68. The van der Waals surface area contributed by atoms with Crippen LogP contribution in [0.5, 0.6) is 0 Å². The van der Waals surface area contributed by atoms with Crippen LogP contribution in [0, 0.1) is 13.8 Å². The molecule has 2 aromatic heterocycles. The summed E-state index contributed by atoms with van der Waals surface area (Å²) >= 11 is 1.68. The van der Waals surface area contributed by atoms with Crippen LogP contribution in [0.3, 0.4) is 0 Å². The zero-order valence-corrected chi connectivity index (χ0v) is 17.1. The van der Waals surface area contributed by atoms with Crippen LogP contribution in [0.4, 0.5) is 0 Å². The highest BCUT2D eigenvalue weighted by molar-refractivity contribution is 7.10. The predicted molar refractivity (Wildman–Crippen MR) is 110 cm³/mol. The fourth-order valence-electron chi connectivity index (χ4n) is 3.70. The van der Waals surface area contributed by atoms with Gasteiger partial charge in [0.2, 0.25) is 5.91 Å². The maximum absolute atomic E-state index is 12.5. The Morgan fingerprint density at radius 1 is 1.29 bits per heavy atom. The van der Waals surface area contributed by atoms with E-state index in [9.17, 15) is 4.79 Å². The number of carbonyl (C=O) groups is 1. The van der Waals surface area contributed by atoms with Gasteiger partial charge in [0.1, 0.15) is 6.10 Å². The summed E-state index contributed by atoms with van der Waals surface area (Å²) in [5.74, 6) is 0.0147. The van der Waals surface area contributed by atoms with Crippen LogP contribution in [0.1, 0.15) is 45.5 Å². The molecule has 1 aromatic carbocycles. The zero-order valence-electron chi connectivity index (χ0n) is 16.3. The van der Waals surface area contributed by atoms with Crippen molar-refractivity contribution in [2.24, 2.45) is 0 Å². The second-order valence-electron chi connectivity index (χ2n) is 7.19. The molecule has 0 saturated carbocycles. The van der Waals surface area contributed by atoms with E-state index in [1.54, 1.807) is 11.3 Å². The van der Waals surface area contributed by atoms with Gasteiger partial charge >= 0.3 is 0 Å². The van der Waals surface area contributed by atoms with Crippen molar-refractivity contribution < 1.29 is 9.53 Å². The van der Waals surface area contributed by atoms with E-state index in [1.807, 2.05) is 29.8 Å². The Morgan fingerprint density at radius 2 is 2.11 bits per heavy atom. The molecule has 5 nitrogen and oxygen atoms in total. The summed E-state index contributed by atoms with van der Waals surface area (Å²) in [4.78, 5) is 13.7. The first-order valence-corrected chi connectivity index (χ1v) is 10.5. The number of aryl methyl sites for hydroxylation is 1. The lowest BCUT2D eigenvalue weighted by Crippen LogP contribution is -2.27. The molecule has 0 radical (unpaired) electrons. The highest BCUT2D eigenvalue weighted by atomic mass is 32.1. The van der Waals surface area contributed by atoms with Crippen molar-refractivity contribution in [3.63, 3.8) is 0 Å². The topological polar surface area (TPSA) is 56.2 Å². The molecule has 1 aliphatic rings. The van der Waals surface area contributed by atoms with Gasteiger partial charge in [-0.25, -0.2) is 0 Å². The lowest BCUT2D eigenvalue weighted by molar-refractivity contribution is -0.124. The van der Waals surface area contributed by atoms with E-state index in [1.165, 1.54) is 16.0 Å². The average molecular weight is 396 g/mol. The van der Waals surface area contributed by atoms with Crippen LogP contribution >= 0.6 is 11.3 Å². The number of fused-ring (bicyclic) bond motifs is 1. The van der Waals surface area contributed by atoms with E-state index in [2.05, 4.69) is 40.9 Å². The molecular formula is C22H25N3O2S. The van der Waals surface area contributed by atoms with Gasteiger partial charge in [0.25, 0.3) is 0 Å². The summed E-state index contributed by atoms with van der Waals surface area (Å²) < 4.78 is 7.84. The van der Waals surface area contributed by atoms with Crippen molar-refractivity contribution in [3.8, 4) is 0 Å². The molecule has 1 N–H and O–H groups in total. The van der Waals surface area contributed by atoms with Crippen LogP contribution in [0.15, 0.2) is 41.8 Å². The number of thiophene rings is 1. The molecular weight excluding hydrogens is 370 g/mol. The standard InChI is InChI=1S/C22H25N3O2S/c1-15-19(16(2)25(24-15)14-17-6-4-3-5-7-17)13-23-21(26)12-20-22-18(8-10-27-20)9-11-28-22/h3-7,9,11,20H,8,10,12-14H2,1-2H3,(H,23,26). The summed E-state index contributed by atoms with van der Waals surface area (Å²) in [7, 11) is 0. The molecule has 4 rings (SSSR count). The fraction of sp³-hybridized carbons (Fsp3) is 0.364. The molecule has 0 fully saturated rings. The normalized spacial score (nSPS) is 16.0. The number of amides is 1. The summed E-state index contributed by atoms with van der Waals surface area (Å²) in [6.07, 6.45) is 1.19. The Balaban J connectivity index is 1.38. The number of carbonyl (C=O) groups excluding carboxylic acids is 1. The first kappa shape index (κ1) is 18.9. The summed E-state index contributed by atoms with van der Waals surface area (Å²) in [5, 5.41) is 9.81. The Bertz CT molecular complexity index is 962. The number of rotatable bonds is 6. The van der Waals surface area contributed by atoms with Gasteiger partial charge in [0.05, 0.1) is 25.3 Å². The largest absolute Gasteiger partial charge is 0.372 e. The molecule has 146 valence electrons. The predicted octanol–water partition coefficient (Wildman–Crippen LogP) is 3.93. The van der Waals surface area contributed by atoms with E-state index >= 15 is 0 Å². The molecule has 0 spiro atoms. The quantitative estimate of drug-likeness (QED) is 0.688. The van der Waals surface area contributed by atoms with Gasteiger partial charge in [-0.15, -0.1) is 11.3 Å². The van der Waals surface area contributed by atoms with Gasteiger partial charge < -0.3 is 10.1 Å². The molecule has 3 heterocycles. The van der Waals surface area contributed by atoms with Crippen molar-refractivity contribution in [2.45, 2.75) is 45.9 Å². The smallest absolute Gasteiger partial charge is 0.223 e.